The van der Waals surface area contributed by atoms with Crippen LogP contribution in [0.5, 0.6) is 0 Å². The number of hydrogen-bond donors (Lipinski definition) is 0. The zero-order valence-corrected chi connectivity index (χ0v) is 13.4. The summed E-state index contributed by atoms with van der Waals surface area (Å²) in [4.78, 5) is 10.9. The quantitative estimate of drug-likeness (QED) is 0.451. The van der Waals surface area contributed by atoms with Crippen LogP contribution in [0.25, 0.3) is 11.1 Å². The van der Waals surface area contributed by atoms with Crippen molar-refractivity contribution in [3.8, 4) is 11.1 Å². The van der Waals surface area contributed by atoms with Gasteiger partial charge in [-0.3, -0.25) is 0 Å². The lowest BCUT2D eigenvalue weighted by Gasteiger charge is -2.27. The van der Waals surface area contributed by atoms with E-state index in [4.69, 9.17) is 0 Å². The Morgan fingerprint density at radius 3 is 2.50 bits per heavy atom. The Hall–Kier alpha value is -1.96. The molecule has 0 fully saturated rings. The zero-order chi connectivity index (χ0) is 15.6. The van der Waals surface area contributed by atoms with Gasteiger partial charge in [0.15, 0.2) is 0 Å². The van der Waals surface area contributed by atoms with Gasteiger partial charge in [0.25, 0.3) is 0 Å². The molecule has 0 spiro atoms. The molecule has 0 radical (unpaired) electrons. The number of fused-ring (bicyclic) bond motifs is 3. The molecule has 114 valence electrons. The van der Waals surface area contributed by atoms with Gasteiger partial charge >= 0.3 is 0 Å². The minimum absolute atomic E-state index is 0.000365. The van der Waals surface area contributed by atoms with Crippen molar-refractivity contribution < 1.29 is 0 Å². The van der Waals surface area contributed by atoms with Crippen LogP contribution in [0, 0.1) is 4.91 Å². The third-order valence-electron chi connectivity index (χ3n) is 5.05. The lowest BCUT2D eigenvalue weighted by atomic mass is 9.76. The monoisotopic (exact) mass is 293 g/mol. The second-order valence-electron chi connectivity index (χ2n) is 6.51. The Labute approximate surface area is 132 Å². The lowest BCUT2D eigenvalue weighted by molar-refractivity contribution is 0.487. The maximum Gasteiger partial charge on any atom is 0.108 e. The van der Waals surface area contributed by atoms with Crippen LogP contribution >= 0.6 is 0 Å². The molecule has 2 nitrogen and oxygen atoms in total. The third kappa shape index (κ3) is 2.37. The van der Waals surface area contributed by atoms with Gasteiger partial charge < -0.3 is 0 Å². The average Bonchev–Trinajstić information content (AvgIpc) is 2.81. The van der Waals surface area contributed by atoms with Crippen molar-refractivity contribution in [1.82, 2.24) is 0 Å². The van der Waals surface area contributed by atoms with E-state index < -0.39 is 0 Å². The first-order valence-electron chi connectivity index (χ1n) is 8.28. The van der Waals surface area contributed by atoms with E-state index >= 15 is 0 Å². The highest BCUT2D eigenvalue weighted by Crippen LogP contribution is 2.52. The van der Waals surface area contributed by atoms with E-state index in [2.05, 4.69) is 49.4 Å². The Bertz CT molecular complexity index is 692. The number of benzene rings is 2. The minimum atomic E-state index is 0.000365. The molecule has 2 aromatic carbocycles. The third-order valence-corrected chi connectivity index (χ3v) is 5.05. The molecule has 0 N–H and O–H groups in total. The van der Waals surface area contributed by atoms with Gasteiger partial charge in [0, 0.05) is 5.41 Å². The summed E-state index contributed by atoms with van der Waals surface area (Å²) in [6, 6.07) is 14.5. The molecule has 1 unspecified atom stereocenters. The molecule has 0 bridgehead atoms. The Morgan fingerprint density at radius 1 is 0.955 bits per heavy atom. The Kier molecular flexibility index (Phi) is 4.10. The normalized spacial score (nSPS) is 18.8. The predicted molar refractivity (Wildman–Crippen MR) is 92.5 cm³/mol. The van der Waals surface area contributed by atoms with Crippen LogP contribution in [0.2, 0.25) is 0 Å². The van der Waals surface area contributed by atoms with Crippen LogP contribution in [-0.4, -0.2) is 0 Å². The summed E-state index contributed by atoms with van der Waals surface area (Å²) >= 11 is 0. The Balaban J connectivity index is 2.03. The van der Waals surface area contributed by atoms with E-state index in [0.717, 1.165) is 6.42 Å². The molecule has 0 saturated carbocycles. The summed E-state index contributed by atoms with van der Waals surface area (Å²) in [7, 11) is 0. The van der Waals surface area contributed by atoms with Crippen LogP contribution in [-0.2, 0) is 5.41 Å². The standard InChI is InChI=1S/C20H23NO/c1-3-4-5-8-13-20(2)18-10-7-6-9-16(18)17-12-11-15(21-22)14-19(17)20/h6-7,9-12,14H,3-5,8,13H2,1-2H3. The summed E-state index contributed by atoms with van der Waals surface area (Å²) in [5.74, 6) is 0. The fourth-order valence-electron chi connectivity index (χ4n) is 3.80. The highest BCUT2D eigenvalue weighted by atomic mass is 16.3. The molecule has 2 aromatic rings. The van der Waals surface area contributed by atoms with Gasteiger partial charge in [-0.25, -0.2) is 0 Å². The molecule has 1 aliphatic rings. The number of unbranched alkanes of at least 4 members (excludes halogenated alkanes) is 3. The average molecular weight is 293 g/mol. The van der Waals surface area contributed by atoms with Crippen LogP contribution in [0.4, 0.5) is 5.69 Å². The zero-order valence-electron chi connectivity index (χ0n) is 13.4. The molecule has 1 atom stereocenters. The first-order chi connectivity index (χ1) is 10.7. The molecule has 2 heteroatoms. The molecule has 3 rings (SSSR count). The molecule has 0 heterocycles. The number of hydrogen-bond acceptors (Lipinski definition) is 2. The van der Waals surface area contributed by atoms with E-state index in [-0.39, 0.29) is 5.41 Å². The van der Waals surface area contributed by atoms with Gasteiger partial charge in [-0.2, -0.15) is 0 Å². The summed E-state index contributed by atoms with van der Waals surface area (Å²) < 4.78 is 0. The maximum absolute atomic E-state index is 10.9. The van der Waals surface area contributed by atoms with Crippen molar-refractivity contribution in [3.63, 3.8) is 0 Å². The van der Waals surface area contributed by atoms with Crippen molar-refractivity contribution in [1.29, 1.82) is 0 Å². The molecule has 0 aliphatic heterocycles. The highest BCUT2D eigenvalue weighted by Gasteiger charge is 2.38. The van der Waals surface area contributed by atoms with Crippen molar-refractivity contribution in [2.75, 3.05) is 0 Å². The van der Waals surface area contributed by atoms with Crippen molar-refractivity contribution >= 4 is 5.69 Å². The summed E-state index contributed by atoms with van der Waals surface area (Å²) in [6.07, 6.45) is 6.16. The van der Waals surface area contributed by atoms with Gasteiger partial charge in [0.05, 0.1) is 0 Å². The van der Waals surface area contributed by atoms with Gasteiger partial charge in [-0.05, 0) is 46.0 Å². The highest BCUT2D eigenvalue weighted by molar-refractivity contribution is 5.82. The number of nitrogens with zero attached hydrogens (tertiary/aromatic N) is 1. The van der Waals surface area contributed by atoms with Crippen molar-refractivity contribution in [3.05, 3.63) is 58.5 Å². The molecule has 1 aliphatic carbocycles. The SMILES string of the molecule is CCCCCCC1(C)c2ccccc2-c2ccc(N=O)cc21. The molecular weight excluding hydrogens is 270 g/mol. The van der Waals surface area contributed by atoms with Crippen molar-refractivity contribution in [2.24, 2.45) is 5.18 Å². The van der Waals surface area contributed by atoms with Gasteiger partial charge in [0.1, 0.15) is 5.69 Å². The van der Waals surface area contributed by atoms with Crippen LogP contribution in [0.1, 0.15) is 57.1 Å². The smallest absolute Gasteiger partial charge is 0.108 e. The second-order valence-corrected chi connectivity index (χ2v) is 6.51. The molecule has 0 aromatic heterocycles. The lowest BCUT2D eigenvalue weighted by Crippen LogP contribution is -2.20. The second kappa shape index (κ2) is 6.04. The van der Waals surface area contributed by atoms with E-state index in [1.165, 1.54) is 47.9 Å². The fraction of sp³-hybridized carbons (Fsp3) is 0.400. The van der Waals surface area contributed by atoms with Crippen LogP contribution < -0.4 is 0 Å². The summed E-state index contributed by atoms with van der Waals surface area (Å²) in [6.45, 7) is 4.56. The van der Waals surface area contributed by atoms with Gasteiger partial charge in [-0.15, -0.1) is 4.91 Å². The summed E-state index contributed by atoms with van der Waals surface area (Å²) in [5, 5.41) is 3.14. The molecule has 22 heavy (non-hydrogen) atoms. The van der Waals surface area contributed by atoms with Gasteiger partial charge in [-0.1, -0.05) is 69.9 Å². The first-order valence-corrected chi connectivity index (χ1v) is 8.28. The fourth-order valence-corrected chi connectivity index (χ4v) is 3.80. The molecular formula is C20H23NO. The number of rotatable bonds is 6. The largest absolute Gasteiger partial charge is 0.145 e. The predicted octanol–water partition coefficient (Wildman–Crippen LogP) is 6.34. The first kappa shape index (κ1) is 15.0. The van der Waals surface area contributed by atoms with E-state index in [1.807, 2.05) is 12.1 Å². The van der Waals surface area contributed by atoms with E-state index in [0.29, 0.717) is 5.69 Å². The van der Waals surface area contributed by atoms with Gasteiger partial charge in [0.2, 0.25) is 0 Å². The maximum atomic E-state index is 10.9. The molecule has 0 saturated heterocycles. The van der Waals surface area contributed by atoms with E-state index in [1.54, 1.807) is 0 Å². The van der Waals surface area contributed by atoms with Crippen LogP contribution in [0.3, 0.4) is 0 Å². The molecule has 0 amide bonds. The Morgan fingerprint density at radius 2 is 1.73 bits per heavy atom. The van der Waals surface area contributed by atoms with E-state index in [9.17, 15) is 4.91 Å². The number of nitroso groups, excluding NO2 is 1. The topological polar surface area (TPSA) is 29.4 Å². The minimum Gasteiger partial charge on any atom is -0.145 e. The van der Waals surface area contributed by atoms with Crippen LogP contribution in [0.15, 0.2) is 47.6 Å². The van der Waals surface area contributed by atoms with Crippen molar-refractivity contribution in [2.45, 2.75) is 51.4 Å². The summed E-state index contributed by atoms with van der Waals surface area (Å²) in [5.41, 5.74) is 5.77.